The van der Waals surface area contributed by atoms with Crippen LogP contribution in [0.25, 0.3) is 0 Å². The van der Waals surface area contributed by atoms with Crippen LogP contribution in [0.5, 0.6) is 0 Å². The normalized spacial score (nSPS) is 20.3. The molecule has 1 aromatic carbocycles. The third-order valence-corrected chi connectivity index (χ3v) is 4.21. The summed E-state index contributed by atoms with van der Waals surface area (Å²) < 4.78 is 5.43. The lowest BCUT2D eigenvalue weighted by atomic mass is 10.0. The largest absolute Gasteiger partial charge is 0.378 e. The van der Waals surface area contributed by atoms with E-state index in [0.29, 0.717) is 13.2 Å². The van der Waals surface area contributed by atoms with Crippen molar-refractivity contribution in [1.29, 1.82) is 0 Å². The SMILES string of the molecule is Nc1nc2c(c(N3CCOCC3)n1)NC(c1ccccc1)CN2. The average Bonchev–Trinajstić information content (AvgIpc) is 2.62. The van der Waals surface area contributed by atoms with Crippen LogP contribution in [0.1, 0.15) is 11.6 Å². The van der Waals surface area contributed by atoms with E-state index >= 15 is 0 Å². The number of hydrogen-bond donors (Lipinski definition) is 3. The van der Waals surface area contributed by atoms with Gasteiger partial charge in [0, 0.05) is 19.6 Å². The minimum absolute atomic E-state index is 0.177. The highest BCUT2D eigenvalue weighted by Crippen LogP contribution is 2.37. The molecular weight excluding hydrogens is 292 g/mol. The highest BCUT2D eigenvalue weighted by atomic mass is 16.5. The Bertz CT molecular complexity index is 686. The lowest BCUT2D eigenvalue weighted by Gasteiger charge is -2.34. The maximum Gasteiger partial charge on any atom is 0.224 e. The monoisotopic (exact) mass is 312 g/mol. The van der Waals surface area contributed by atoms with Crippen LogP contribution < -0.4 is 21.3 Å². The Morgan fingerprint density at radius 2 is 1.91 bits per heavy atom. The third-order valence-electron chi connectivity index (χ3n) is 4.21. The molecule has 0 bridgehead atoms. The molecule has 0 radical (unpaired) electrons. The van der Waals surface area contributed by atoms with Crippen LogP contribution in [-0.4, -0.2) is 42.8 Å². The Morgan fingerprint density at radius 1 is 1.13 bits per heavy atom. The Hall–Kier alpha value is -2.54. The zero-order chi connectivity index (χ0) is 15.6. The van der Waals surface area contributed by atoms with Gasteiger partial charge in [0.05, 0.1) is 19.3 Å². The molecule has 0 aliphatic carbocycles. The number of nitrogens with zero attached hydrogens (tertiary/aromatic N) is 3. The summed E-state index contributed by atoms with van der Waals surface area (Å²) in [6.45, 7) is 3.78. The number of fused-ring (bicyclic) bond motifs is 1. The van der Waals surface area contributed by atoms with Gasteiger partial charge in [-0.2, -0.15) is 9.97 Å². The molecule has 7 nitrogen and oxygen atoms in total. The van der Waals surface area contributed by atoms with Crippen LogP contribution in [0, 0.1) is 0 Å². The van der Waals surface area contributed by atoms with Crippen molar-refractivity contribution in [2.24, 2.45) is 0 Å². The van der Waals surface area contributed by atoms with Gasteiger partial charge in [0.25, 0.3) is 0 Å². The smallest absolute Gasteiger partial charge is 0.224 e. The number of morpholine rings is 1. The number of aromatic nitrogens is 2. The molecule has 0 amide bonds. The van der Waals surface area contributed by atoms with Crippen LogP contribution >= 0.6 is 0 Å². The summed E-state index contributed by atoms with van der Waals surface area (Å²) in [5.74, 6) is 1.91. The molecule has 7 heteroatoms. The first-order valence-electron chi connectivity index (χ1n) is 7.87. The number of nitrogens with one attached hydrogen (secondary N) is 2. The maximum atomic E-state index is 5.89. The zero-order valence-electron chi connectivity index (χ0n) is 12.8. The van der Waals surface area contributed by atoms with Crippen molar-refractivity contribution in [1.82, 2.24) is 9.97 Å². The summed E-state index contributed by atoms with van der Waals surface area (Å²) in [5, 5.41) is 6.96. The molecule has 120 valence electrons. The highest BCUT2D eigenvalue weighted by Gasteiger charge is 2.27. The Kier molecular flexibility index (Phi) is 3.63. The number of ether oxygens (including phenoxy) is 1. The number of benzene rings is 1. The fraction of sp³-hybridized carbons (Fsp3) is 0.375. The molecule has 2 aliphatic rings. The minimum atomic E-state index is 0.177. The van der Waals surface area contributed by atoms with Crippen LogP contribution in [-0.2, 0) is 4.74 Å². The van der Waals surface area contributed by atoms with Crippen LogP contribution in [0.4, 0.5) is 23.3 Å². The maximum absolute atomic E-state index is 5.89. The minimum Gasteiger partial charge on any atom is -0.378 e. The number of rotatable bonds is 2. The summed E-state index contributed by atoms with van der Waals surface area (Å²) in [6.07, 6.45) is 0. The number of hydrogen-bond acceptors (Lipinski definition) is 7. The molecule has 23 heavy (non-hydrogen) atoms. The van der Waals surface area contributed by atoms with Gasteiger partial charge in [-0.1, -0.05) is 30.3 Å². The van der Waals surface area contributed by atoms with E-state index < -0.39 is 0 Å². The van der Waals surface area contributed by atoms with Crippen molar-refractivity contribution in [2.45, 2.75) is 6.04 Å². The molecule has 1 fully saturated rings. The first kappa shape index (κ1) is 14.1. The van der Waals surface area contributed by atoms with Gasteiger partial charge in [-0.05, 0) is 5.56 Å². The summed E-state index contributed by atoms with van der Waals surface area (Å²) >= 11 is 0. The van der Waals surface area contributed by atoms with Gasteiger partial charge < -0.3 is 26.0 Å². The second kappa shape index (κ2) is 5.92. The first-order chi connectivity index (χ1) is 11.3. The van der Waals surface area contributed by atoms with E-state index in [9.17, 15) is 0 Å². The van der Waals surface area contributed by atoms with Crippen molar-refractivity contribution < 1.29 is 4.74 Å². The lowest BCUT2D eigenvalue weighted by molar-refractivity contribution is 0.122. The molecule has 0 spiro atoms. The molecule has 4 rings (SSSR count). The molecule has 0 saturated carbocycles. The molecule has 1 aromatic heterocycles. The molecule has 1 unspecified atom stereocenters. The fourth-order valence-corrected chi connectivity index (χ4v) is 3.04. The van der Waals surface area contributed by atoms with Crippen molar-refractivity contribution in [3.05, 3.63) is 35.9 Å². The second-order valence-electron chi connectivity index (χ2n) is 5.72. The van der Waals surface area contributed by atoms with E-state index in [-0.39, 0.29) is 12.0 Å². The van der Waals surface area contributed by atoms with E-state index in [4.69, 9.17) is 10.5 Å². The molecular formula is C16H20N6O. The molecule has 2 aliphatic heterocycles. The summed E-state index contributed by atoms with van der Waals surface area (Å²) in [7, 11) is 0. The van der Waals surface area contributed by atoms with E-state index in [1.807, 2.05) is 6.07 Å². The van der Waals surface area contributed by atoms with Gasteiger partial charge in [0.2, 0.25) is 5.95 Å². The van der Waals surface area contributed by atoms with Gasteiger partial charge in [-0.25, -0.2) is 0 Å². The molecule has 4 N–H and O–H groups in total. The number of nitrogens with two attached hydrogens (primary N) is 1. The van der Waals surface area contributed by atoms with Crippen molar-refractivity contribution in [3.63, 3.8) is 0 Å². The molecule has 1 saturated heterocycles. The Labute approximate surface area is 134 Å². The lowest BCUT2D eigenvalue weighted by Crippen LogP contribution is -2.38. The Balaban J connectivity index is 1.68. The summed E-state index contributed by atoms with van der Waals surface area (Å²) in [4.78, 5) is 11.0. The predicted octanol–water partition coefficient (Wildman–Crippen LogP) is 1.47. The van der Waals surface area contributed by atoms with Gasteiger partial charge in [-0.3, -0.25) is 0 Å². The van der Waals surface area contributed by atoms with Crippen LogP contribution in [0.3, 0.4) is 0 Å². The first-order valence-corrected chi connectivity index (χ1v) is 7.87. The average molecular weight is 312 g/mol. The number of anilines is 4. The summed E-state index contributed by atoms with van der Waals surface area (Å²) in [5.41, 5.74) is 8.04. The van der Waals surface area contributed by atoms with E-state index in [1.165, 1.54) is 5.56 Å². The van der Waals surface area contributed by atoms with E-state index in [2.05, 4.69) is 49.8 Å². The highest BCUT2D eigenvalue weighted by molar-refractivity contribution is 5.81. The second-order valence-corrected chi connectivity index (χ2v) is 5.72. The molecule has 1 atom stereocenters. The fourth-order valence-electron chi connectivity index (χ4n) is 3.04. The van der Waals surface area contributed by atoms with Crippen LogP contribution in [0.15, 0.2) is 30.3 Å². The van der Waals surface area contributed by atoms with Crippen LogP contribution in [0.2, 0.25) is 0 Å². The van der Waals surface area contributed by atoms with Crippen molar-refractivity contribution in [2.75, 3.05) is 54.1 Å². The zero-order valence-corrected chi connectivity index (χ0v) is 12.8. The standard InChI is InChI=1S/C16H20N6O/c17-16-20-14-13(15(21-16)22-6-8-23-9-7-22)19-12(10-18-14)11-4-2-1-3-5-11/h1-5,12,19H,6-10H2,(H3,17,18,20,21). The van der Waals surface area contributed by atoms with E-state index in [0.717, 1.165) is 37.0 Å². The number of nitrogen functional groups attached to an aromatic ring is 1. The van der Waals surface area contributed by atoms with Gasteiger partial charge in [-0.15, -0.1) is 0 Å². The van der Waals surface area contributed by atoms with Gasteiger partial charge in [0.1, 0.15) is 5.69 Å². The quantitative estimate of drug-likeness (QED) is 0.774. The Morgan fingerprint density at radius 3 is 2.70 bits per heavy atom. The topological polar surface area (TPSA) is 88.3 Å². The van der Waals surface area contributed by atoms with Crippen molar-refractivity contribution in [3.8, 4) is 0 Å². The predicted molar refractivity (Wildman–Crippen MR) is 90.8 cm³/mol. The van der Waals surface area contributed by atoms with Gasteiger partial charge >= 0.3 is 0 Å². The van der Waals surface area contributed by atoms with E-state index in [1.54, 1.807) is 0 Å². The summed E-state index contributed by atoms with van der Waals surface area (Å²) in [6, 6.07) is 10.5. The molecule has 3 heterocycles. The van der Waals surface area contributed by atoms with Crippen molar-refractivity contribution >= 4 is 23.3 Å². The van der Waals surface area contributed by atoms with Gasteiger partial charge in [0.15, 0.2) is 11.6 Å². The molecule has 2 aromatic rings. The third kappa shape index (κ3) is 2.75.